The lowest BCUT2D eigenvalue weighted by Gasteiger charge is -2.10. The van der Waals surface area contributed by atoms with Crippen molar-refractivity contribution in [3.05, 3.63) is 45.5 Å². The van der Waals surface area contributed by atoms with E-state index in [-0.39, 0.29) is 0 Å². The van der Waals surface area contributed by atoms with Crippen molar-refractivity contribution >= 4 is 28.4 Å². The first-order valence-electron chi connectivity index (χ1n) is 4.72. The second kappa shape index (κ2) is 4.70. The molecular weight excluding hydrogens is 258 g/mol. The first kappa shape index (κ1) is 11.8. The second-order valence-electron chi connectivity index (χ2n) is 3.41. The highest BCUT2D eigenvalue weighted by Gasteiger charge is 2.33. The molecule has 0 saturated heterocycles. The van der Waals surface area contributed by atoms with Gasteiger partial charge < -0.3 is 10.9 Å². The summed E-state index contributed by atoms with van der Waals surface area (Å²) < 4.78 is 0. The Balaban J connectivity index is 2.49. The van der Waals surface area contributed by atoms with Crippen molar-refractivity contribution in [2.24, 2.45) is 10.9 Å². The van der Waals surface area contributed by atoms with Gasteiger partial charge in [0.25, 0.3) is 0 Å². The fourth-order valence-corrected chi connectivity index (χ4v) is 2.69. The average molecular weight is 266 g/mol. The van der Waals surface area contributed by atoms with Crippen LogP contribution in [0.5, 0.6) is 0 Å². The van der Waals surface area contributed by atoms with Gasteiger partial charge in [-0.1, -0.05) is 40.7 Å². The maximum absolute atomic E-state index is 9.07. The molecule has 1 aliphatic rings. The van der Waals surface area contributed by atoms with Crippen molar-refractivity contribution in [2.75, 3.05) is 0 Å². The Hall–Kier alpha value is -1.64. The molecule has 17 heavy (non-hydrogen) atoms. The van der Waals surface area contributed by atoms with Crippen LogP contribution in [0, 0.1) is 11.3 Å². The number of halogens is 1. The van der Waals surface area contributed by atoms with Crippen LogP contribution in [0.3, 0.4) is 0 Å². The summed E-state index contributed by atoms with van der Waals surface area (Å²) in [6.07, 6.45) is 0. The molecule has 1 aliphatic heterocycles. The molecule has 0 aliphatic carbocycles. The summed E-state index contributed by atoms with van der Waals surface area (Å²) in [7, 11) is 0. The van der Waals surface area contributed by atoms with Gasteiger partial charge in [-0.3, -0.25) is 0 Å². The zero-order valence-corrected chi connectivity index (χ0v) is 10.2. The van der Waals surface area contributed by atoms with E-state index in [9.17, 15) is 0 Å². The summed E-state index contributed by atoms with van der Waals surface area (Å²) in [5.74, 6) is -0.396. The van der Waals surface area contributed by atoms with Crippen LogP contribution in [0.15, 0.2) is 40.0 Å². The van der Waals surface area contributed by atoms with E-state index in [2.05, 4.69) is 11.2 Å². The highest BCUT2D eigenvalue weighted by atomic mass is 35.5. The summed E-state index contributed by atoms with van der Waals surface area (Å²) >= 11 is 6.91. The number of hydrogen-bond donors (Lipinski definition) is 2. The lowest BCUT2D eigenvalue weighted by atomic mass is 9.93. The van der Waals surface area contributed by atoms with Crippen molar-refractivity contribution in [1.29, 1.82) is 5.26 Å². The second-order valence-corrected chi connectivity index (χ2v) is 4.91. The van der Waals surface area contributed by atoms with Crippen molar-refractivity contribution in [3.8, 4) is 6.07 Å². The molecule has 1 aromatic carbocycles. The molecule has 1 unspecified atom stereocenters. The Kier molecular flexibility index (Phi) is 3.27. The average Bonchev–Trinajstić information content (AvgIpc) is 2.66. The number of allylic oxidation sites excluding steroid dienone is 1. The Morgan fingerprint density at radius 1 is 1.41 bits per heavy atom. The molecule has 0 fully saturated rings. The van der Waals surface area contributed by atoms with Crippen LogP contribution in [0.2, 0.25) is 5.02 Å². The van der Waals surface area contributed by atoms with Gasteiger partial charge in [-0.15, -0.1) is 0 Å². The van der Waals surface area contributed by atoms with E-state index in [1.807, 2.05) is 0 Å². The van der Waals surface area contributed by atoms with Crippen LogP contribution in [-0.4, -0.2) is 10.3 Å². The summed E-state index contributed by atoms with van der Waals surface area (Å²) in [5.41, 5.74) is 6.95. The lowest BCUT2D eigenvalue weighted by Crippen LogP contribution is -2.06. The van der Waals surface area contributed by atoms with Crippen LogP contribution in [0.25, 0.3) is 0 Å². The molecule has 0 spiro atoms. The Morgan fingerprint density at radius 3 is 2.59 bits per heavy atom. The highest BCUT2D eigenvalue weighted by molar-refractivity contribution is 8.17. The van der Waals surface area contributed by atoms with E-state index in [1.165, 1.54) is 0 Å². The molecule has 1 aromatic rings. The predicted octanol–water partition coefficient (Wildman–Crippen LogP) is 2.65. The first-order valence-corrected chi connectivity index (χ1v) is 5.91. The smallest absolute Gasteiger partial charge is 0.131 e. The molecule has 86 valence electrons. The molecule has 0 bridgehead atoms. The van der Waals surface area contributed by atoms with Crippen LogP contribution < -0.4 is 5.73 Å². The SMILES string of the molecule is N#CC1=C(N)SC(=NO)C1c1ccc(Cl)cc1. The maximum atomic E-state index is 9.07. The minimum atomic E-state index is -0.396. The molecule has 0 radical (unpaired) electrons. The van der Waals surface area contributed by atoms with Crippen molar-refractivity contribution in [2.45, 2.75) is 5.92 Å². The van der Waals surface area contributed by atoms with Gasteiger partial charge in [0.2, 0.25) is 0 Å². The van der Waals surface area contributed by atoms with Gasteiger partial charge in [0.15, 0.2) is 0 Å². The fourth-order valence-electron chi connectivity index (χ4n) is 1.65. The number of hydrogen-bond acceptors (Lipinski definition) is 5. The lowest BCUT2D eigenvalue weighted by molar-refractivity contribution is 0.319. The van der Waals surface area contributed by atoms with E-state index < -0.39 is 5.92 Å². The number of nitrogens with two attached hydrogens (primary N) is 1. The number of rotatable bonds is 1. The van der Waals surface area contributed by atoms with Crippen molar-refractivity contribution in [1.82, 2.24) is 0 Å². The zero-order chi connectivity index (χ0) is 12.4. The van der Waals surface area contributed by atoms with Gasteiger partial charge in [-0.05, 0) is 17.7 Å². The largest absolute Gasteiger partial charge is 0.410 e. The Labute approximate surface area is 107 Å². The van der Waals surface area contributed by atoms with Gasteiger partial charge in [0.05, 0.1) is 22.6 Å². The summed E-state index contributed by atoms with van der Waals surface area (Å²) in [6.45, 7) is 0. The Morgan fingerprint density at radius 2 is 2.06 bits per heavy atom. The monoisotopic (exact) mass is 265 g/mol. The van der Waals surface area contributed by atoms with Crippen molar-refractivity contribution < 1.29 is 5.21 Å². The standard InChI is InChI=1S/C11H8ClN3OS/c12-7-3-1-6(2-4-7)9-8(5-13)10(14)17-11(9)15-16/h1-4,9,16H,14H2. The van der Waals surface area contributed by atoms with Gasteiger partial charge in [-0.25, -0.2) is 0 Å². The van der Waals surface area contributed by atoms with Gasteiger partial charge in [-0.2, -0.15) is 5.26 Å². The zero-order valence-electron chi connectivity index (χ0n) is 8.59. The van der Waals surface area contributed by atoms with Gasteiger partial charge in [0, 0.05) is 5.02 Å². The number of benzene rings is 1. The molecule has 1 atom stereocenters. The van der Waals surface area contributed by atoms with Crippen LogP contribution in [-0.2, 0) is 0 Å². The van der Waals surface area contributed by atoms with E-state index >= 15 is 0 Å². The number of nitrogens with zero attached hydrogens (tertiary/aromatic N) is 2. The fraction of sp³-hybridized carbons (Fsp3) is 0.0909. The van der Waals surface area contributed by atoms with E-state index in [1.54, 1.807) is 24.3 Å². The molecule has 2 rings (SSSR count). The topological polar surface area (TPSA) is 82.4 Å². The molecule has 1 heterocycles. The summed E-state index contributed by atoms with van der Waals surface area (Å²) in [6, 6.07) is 9.07. The molecule has 0 amide bonds. The van der Waals surface area contributed by atoms with Crippen LogP contribution in [0.4, 0.5) is 0 Å². The minimum absolute atomic E-state index is 0.375. The number of thioether (sulfide) groups is 1. The van der Waals surface area contributed by atoms with Crippen LogP contribution in [0.1, 0.15) is 11.5 Å². The molecular formula is C11H8ClN3OS. The van der Waals surface area contributed by atoms with E-state index in [0.29, 0.717) is 20.7 Å². The van der Waals surface area contributed by atoms with Crippen LogP contribution >= 0.6 is 23.4 Å². The highest BCUT2D eigenvalue weighted by Crippen LogP contribution is 2.41. The Bertz CT molecular complexity index is 545. The molecule has 0 aromatic heterocycles. The minimum Gasteiger partial charge on any atom is -0.410 e. The van der Waals surface area contributed by atoms with E-state index in [4.69, 9.17) is 27.8 Å². The molecule has 0 saturated carbocycles. The maximum Gasteiger partial charge on any atom is 0.131 e. The third-order valence-electron chi connectivity index (χ3n) is 2.44. The molecule has 6 heteroatoms. The summed E-state index contributed by atoms with van der Waals surface area (Å²) in [4.78, 5) is 0. The third kappa shape index (κ3) is 2.09. The normalized spacial score (nSPS) is 21.9. The van der Waals surface area contributed by atoms with Gasteiger partial charge >= 0.3 is 0 Å². The first-order chi connectivity index (χ1) is 8.17. The van der Waals surface area contributed by atoms with E-state index in [0.717, 1.165) is 17.3 Å². The summed E-state index contributed by atoms with van der Waals surface area (Å²) in [5, 5.41) is 22.6. The molecule has 4 nitrogen and oxygen atoms in total. The van der Waals surface area contributed by atoms with Gasteiger partial charge in [0.1, 0.15) is 5.04 Å². The number of oxime groups is 1. The predicted molar refractivity (Wildman–Crippen MR) is 67.8 cm³/mol. The molecule has 3 N–H and O–H groups in total. The van der Waals surface area contributed by atoms with Crippen molar-refractivity contribution in [3.63, 3.8) is 0 Å². The quantitative estimate of drug-likeness (QED) is 0.604. The number of nitriles is 1. The third-order valence-corrected chi connectivity index (χ3v) is 3.66.